The molecule has 0 fully saturated rings. The Morgan fingerprint density at radius 2 is 1.89 bits per heavy atom. The van der Waals surface area contributed by atoms with Gasteiger partial charge in [0.1, 0.15) is 18.0 Å². The molecule has 0 amide bonds. The number of hydrogen-bond acceptors (Lipinski definition) is 5. The lowest BCUT2D eigenvalue weighted by Gasteiger charge is -2.17. The van der Waals surface area contributed by atoms with Gasteiger partial charge in [-0.1, -0.05) is 20.8 Å². The van der Waals surface area contributed by atoms with Gasteiger partial charge in [-0.25, -0.2) is 9.97 Å². The summed E-state index contributed by atoms with van der Waals surface area (Å²) in [6.07, 6.45) is 4.16. The molecule has 2 atom stereocenters. The maximum atomic E-state index is 11.3. The highest BCUT2D eigenvalue weighted by molar-refractivity contribution is 7.84. The van der Waals surface area contributed by atoms with Crippen molar-refractivity contribution in [2.24, 2.45) is 0 Å². The van der Waals surface area contributed by atoms with Crippen molar-refractivity contribution in [1.29, 1.82) is 0 Å². The van der Waals surface area contributed by atoms with Crippen molar-refractivity contribution in [2.75, 3.05) is 30.5 Å². The Morgan fingerprint density at radius 1 is 1.26 bits per heavy atom. The second kappa shape index (κ2) is 7.43. The van der Waals surface area contributed by atoms with E-state index in [4.69, 9.17) is 0 Å². The Bertz CT molecular complexity index is 437. The van der Waals surface area contributed by atoms with Crippen LogP contribution in [-0.4, -0.2) is 39.3 Å². The highest BCUT2D eigenvalue weighted by atomic mass is 32.2. The zero-order chi connectivity index (χ0) is 14.4. The van der Waals surface area contributed by atoms with E-state index in [1.54, 1.807) is 12.6 Å². The molecule has 19 heavy (non-hydrogen) atoms. The highest BCUT2D eigenvalue weighted by Crippen LogP contribution is 2.27. The summed E-state index contributed by atoms with van der Waals surface area (Å²) in [6, 6.07) is 0. The number of rotatable bonds is 7. The third-order valence-corrected chi connectivity index (χ3v) is 4.48. The first-order valence-corrected chi connectivity index (χ1v) is 8.18. The second-order valence-electron chi connectivity index (χ2n) is 4.91. The molecule has 0 spiro atoms. The lowest BCUT2D eigenvalue weighted by atomic mass is 10.0. The SMILES string of the molecule is CNc1ncnc(NCCC(C)S(C)=O)c1C(C)C. The Balaban J connectivity index is 2.75. The molecule has 0 aliphatic carbocycles. The van der Waals surface area contributed by atoms with Gasteiger partial charge in [0.25, 0.3) is 0 Å². The van der Waals surface area contributed by atoms with Crippen LogP contribution < -0.4 is 10.6 Å². The van der Waals surface area contributed by atoms with Crippen LogP contribution >= 0.6 is 0 Å². The molecule has 0 saturated carbocycles. The van der Waals surface area contributed by atoms with Crippen molar-refractivity contribution in [3.05, 3.63) is 11.9 Å². The number of hydrogen-bond donors (Lipinski definition) is 2. The van der Waals surface area contributed by atoms with Crippen LogP contribution in [0.3, 0.4) is 0 Å². The van der Waals surface area contributed by atoms with Crippen molar-refractivity contribution >= 4 is 22.4 Å². The van der Waals surface area contributed by atoms with E-state index in [1.807, 2.05) is 14.0 Å². The van der Waals surface area contributed by atoms with E-state index in [0.717, 1.165) is 30.2 Å². The standard InChI is InChI=1S/C13H24N4OS/c1-9(2)11-12(14-4)16-8-17-13(11)15-7-6-10(3)19(5)18/h8-10H,6-7H2,1-5H3,(H2,14,15,16,17). The molecule has 1 heterocycles. The summed E-state index contributed by atoms with van der Waals surface area (Å²) in [5.41, 5.74) is 1.09. The molecular formula is C13H24N4OS. The minimum Gasteiger partial charge on any atom is -0.373 e. The third-order valence-electron chi connectivity index (χ3n) is 3.11. The van der Waals surface area contributed by atoms with Gasteiger partial charge in [-0.15, -0.1) is 0 Å². The highest BCUT2D eigenvalue weighted by Gasteiger charge is 2.14. The number of anilines is 2. The summed E-state index contributed by atoms with van der Waals surface area (Å²) in [7, 11) is 1.09. The van der Waals surface area contributed by atoms with E-state index in [2.05, 4.69) is 34.4 Å². The molecule has 1 aromatic heterocycles. The van der Waals surface area contributed by atoms with Crippen molar-refractivity contribution in [2.45, 2.75) is 38.4 Å². The largest absolute Gasteiger partial charge is 0.373 e. The first kappa shape index (κ1) is 15.9. The summed E-state index contributed by atoms with van der Waals surface area (Å²) in [5.74, 6) is 2.06. The molecule has 0 aromatic carbocycles. The molecule has 1 aromatic rings. The van der Waals surface area contributed by atoms with Crippen LogP contribution in [0.4, 0.5) is 11.6 Å². The summed E-state index contributed by atoms with van der Waals surface area (Å²) in [5, 5.41) is 6.62. The second-order valence-corrected chi connectivity index (χ2v) is 6.72. The van der Waals surface area contributed by atoms with Gasteiger partial charge >= 0.3 is 0 Å². The smallest absolute Gasteiger partial charge is 0.134 e. The fourth-order valence-electron chi connectivity index (χ4n) is 1.84. The average molecular weight is 284 g/mol. The van der Waals surface area contributed by atoms with E-state index in [1.165, 1.54) is 0 Å². The lowest BCUT2D eigenvalue weighted by Crippen LogP contribution is -2.17. The van der Waals surface area contributed by atoms with Crippen molar-refractivity contribution in [3.63, 3.8) is 0 Å². The van der Waals surface area contributed by atoms with Crippen LogP contribution in [0.15, 0.2) is 6.33 Å². The molecule has 0 saturated heterocycles. The van der Waals surface area contributed by atoms with Gasteiger partial charge in [-0.05, 0) is 12.3 Å². The fourth-order valence-corrected chi connectivity index (χ4v) is 2.29. The molecule has 108 valence electrons. The maximum absolute atomic E-state index is 11.3. The Kier molecular flexibility index (Phi) is 6.21. The molecule has 1 rings (SSSR count). The molecule has 5 nitrogen and oxygen atoms in total. The molecule has 0 aliphatic rings. The van der Waals surface area contributed by atoms with Crippen molar-refractivity contribution in [1.82, 2.24) is 9.97 Å². The zero-order valence-corrected chi connectivity index (χ0v) is 13.2. The number of nitrogens with zero attached hydrogens (tertiary/aromatic N) is 2. The summed E-state index contributed by atoms with van der Waals surface area (Å²) < 4.78 is 11.3. The first-order chi connectivity index (χ1) is 8.97. The topological polar surface area (TPSA) is 66.9 Å². The van der Waals surface area contributed by atoms with Gasteiger partial charge in [0.15, 0.2) is 0 Å². The van der Waals surface area contributed by atoms with Gasteiger partial charge in [0.05, 0.1) is 0 Å². The minimum atomic E-state index is -0.773. The van der Waals surface area contributed by atoms with Gasteiger partial charge < -0.3 is 10.6 Å². The zero-order valence-electron chi connectivity index (χ0n) is 12.4. The van der Waals surface area contributed by atoms with E-state index >= 15 is 0 Å². The Labute approximate surface area is 118 Å². The van der Waals surface area contributed by atoms with E-state index < -0.39 is 10.8 Å². The minimum absolute atomic E-state index is 0.195. The predicted octanol–water partition coefficient (Wildman–Crippen LogP) is 2.21. The van der Waals surface area contributed by atoms with Crippen molar-refractivity contribution < 1.29 is 4.21 Å². The number of aromatic nitrogens is 2. The van der Waals surface area contributed by atoms with E-state index in [9.17, 15) is 4.21 Å². The summed E-state index contributed by atoms with van der Waals surface area (Å²) >= 11 is 0. The summed E-state index contributed by atoms with van der Waals surface area (Å²) in [4.78, 5) is 8.55. The molecule has 0 bridgehead atoms. The fraction of sp³-hybridized carbons (Fsp3) is 0.692. The van der Waals surface area contributed by atoms with Crippen LogP contribution in [0.25, 0.3) is 0 Å². The molecule has 2 N–H and O–H groups in total. The Morgan fingerprint density at radius 3 is 2.42 bits per heavy atom. The molecule has 0 radical (unpaired) electrons. The van der Waals surface area contributed by atoms with Crippen LogP contribution in [0, 0.1) is 0 Å². The molecule has 0 aliphatic heterocycles. The lowest BCUT2D eigenvalue weighted by molar-refractivity contribution is 0.672. The van der Waals surface area contributed by atoms with Crippen molar-refractivity contribution in [3.8, 4) is 0 Å². The molecule has 2 unspecified atom stereocenters. The Hall–Kier alpha value is -1.17. The predicted molar refractivity (Wildman–Crippen MR) is 82.3 cm³/mol. The van der Waals surface area contributed by atoms with Crippen LogP contribution in [0.5, 0.6) is 0 Å². The van der Waals surface area contributed by atoms with E-state index in [-0.39, 0.29) is 5.25 Å². The van der Waals surface area contributed by atoms with Crippen LogP contribution in [-0.2, 0) is 10.8 Å². The van der Waals surface area contributed by atoms with E-state index in [0.29, 0.717) is 5.92 Å². The van der Waals surface area contributed by atoms with Gasteiger partial charge in [-0.3, -0.25) is 4.21 Å². The van der Waals surface area contributed by atoms with Gasteiger partial charge in [0.2, 0.25) is 0 Å². The van der Waals surface area contributed by atoms with Crippen LogP contribution in [0.1, 0.15) is 38.7 Å². The average Bonchev–Trinajstić information content (AvgIpc) is 2.37. The quantitative estimate of drug-likeness (QED) is 0.803. The number of nitrogens with one attached hydrogen (secondary N) is 2. The third kappa shape index (κ3) is 4.45. The summed E-state index contributed by atoms with van der Waals surface area (Å²) in [6.45, 7) is 7.00. The maximum Gasteiger partial charge on any atom is 0.134 e. The van der Waals surface area contributed by atoms with Crippen LogP contribution in [0.2, 0.25) is 0 Å². The first-order valence-electron chi connectivity index (χ1n) is 6.56. The van der Waals surface area contributed by atoms with Gasteiger partial charge in [0, 0.05) is 41.5 Å². The molecule has 6 heteroatoms. The molecular weight excluding hydrogens is 260 g/mol. The van der Waals surface area contributed by atoms with Gasteiger partial charge in [-0.2, -0.15) is 0 Å². The normalized spacial score (nSPS) is 14.2. The monoisotopic (exact) mass is 284 g/mol.